The van der Waals surface area contributed by atoms with Gasteiger partial charge in [0.1, 0.15) is 11.5 Å². The second-order valence-corrected chi connectivity index (χ2v) is 8.10. The molecule has 1 aromatic rings. The highest BCUT2D eigenvalue weighted by Crippen LogP contribution is 2.62. The van der Waals surface area contributed by atoms with Crippen LogP contribution in [0.2, 0.25) is 0 Å². The van der Waals surface area contributed by atoms with Gasteiger partial charge >= 0.3 is 5.97 Å². The first-order chi connectivity index (χ1) is 12.5. The van der Waals surface area contributed by atoms with Crippen molar-refractivity contribution in [1.29, 1.82) is 0 Å². The van der Waals surface area contributed by atoms with Crippen LogP contribution in [0.15, 0.2) is 30.4 Å². The molecule has 5 aliphatic heterocycles. The van der Waals surface area contributed by atoms with Crippen molar-refractivity contribution >= 4 is 17.6 Å². The average molecular weight is 353 g/mol. The summed E-state index contributed by atoms with van der Waals surface area (Å²) in [6.45, 7) is 2.68. The van der Waals surface area contributed by atoms with Crippen LogP contribution < -0.4 is 4.90 Å². The quantitative estimate of drug-likeness (QED) is 0.780. The number of carboxylic acids is 1. The Balaban J connectivity index is 1.59. The number of hydrogen-bond acceptors (Lipinski definition) is 4. The Morgan fingerprint density at radius 1 is 1.38 bits per heavy atom. The highest BCUT2D eigenvalue weighted by molar-refractivity contribution is 6.04. The van der Waals surface area contributed by atoms with Crippen molar-refractivity contribution in [3.63, 3.8) is 0 Å². The molecule has 6 heteroatoms. The third kappa shape index (κ3) is 1.48. The summed E-state index contributed by atoms with van der Waals surface area (Å²) in [5, 5.41) is 9.74. The van der Waals surface area contributed by atoms with E-state index in [1.54, 1.807) is 0 Å². The number of fused-ring (bicyclic) bond motifs is 7. The van der Waals surface area contributed by atoms with E-state index in [0.717, 1.165) is 23.2 Å². The van der Waals surface area contributed by atoms with E-state index in [4.69, 9.17) is 9.47 Å². The molecule has 134 valence electrons. The van der Waals surface area contributed by atoms with Gasteiger partial charge in [-0.15, -0.1) is 0 Å². The van der Waals surface area contributed by atoms with Crippen LogP contribution >= 0.6 is 0 Å². The Hall–Kier alpha value is -2.18. The molecule has 0 unspecified atom stereocenters. The number of hydrogen-bond donors (Lipinski definition) is 1. The van der Waals surface area contributed by atoms with Crippen molar-refractivity contribution in [2.24, 2.45) is 17.8 Å². The maximum atomic E-state index is 13.5. The predicted molar refractivity (Wildman–Crippen MR) is 90.6 cm³/mol. The third-order valence-corrected chi connectivity index (χ3v) is 6.91. The van der Waals surface area contributed by atoms with Gasteiger partial charge in [0.2, 0.25) is 5.91 Å². The second-order valence-electron chi connectivity index (χ2n) is 8.10. The van der Waals surface area contributed by atoms with Crippen molar-refractivity contribution in [3.8, 4) is 0 Å². The van der Waals surface area contributed by atoms with Crippen LogP contribution in [0, 0.1) is 24.7 Å². The number of aryl methyl sites for hydroxylation is 1. The topological polar surface area (TPSA) is 76.1 Å². The molecule has 5 aliphatic rings. The zero-order chi connectivity index (χ0) is 17.8. The molecule has 6 nitrogen and oxygen atoms in total. The van der Waals surface area contributed by atoms with Gasteiger partial charge in [0, 0.05) is 23.8 Å². The lowest BCUT2D eigenvalue weighted by Gasteiger charge is -2.44. The number of aliphatic carboxylic acids is 1. The summed E-state index contributed by atoms with van der Waals surface area (Å²) >= 11 is 0. The number of carbonyl (C=O) groups excluding carboxylic acids is 1. The van der Waals surface area contributed by atoms with Crippen LogP contribution in [0.4, 0.5) is 5.69 Å². The van der Waals surface area contributed by atoms with E-state index in [1.165, 1.54) is 0 Å². The second kappa shape index (κ2) is 4.56. The van der Waals surface area contributed by atoms with Crippen LogP contribution in [0.3, 0.4) is 0 Å². The van der Waals surface area contributed by atoms with Crippen LogP contribution in [-0.2, 0) is 19.1 Å². The molecule has 1 N–H and O–H groups in total. The number of rotatable bonds is 1. The normalized spacial score (nSPS) is 44.0. The van der Waals surface area contributed by atoms with Crippen LogP contribution in [0.5, 0.6) is 0 Å². The van der Waals surface area contributed by atoms with Crippen LogP contribution in [0.1, 0.15) is 23.7 Å². The minimum absolute atomic E-state index is 0.0630. The fourth-order valence-electron chi connectivity index (χ4n) is 6.04. The molecule has 7 atom stereocenters. The fourth-order valence-corrected chi connectivity index (χ4v) is 6.04. The molecule has 0 aromatic heterocycles. The summed E-state index contributed by atoms with van der Waals surface area (Å²) in [4.78, 5) is 27.2. The summed E-state index contributed by atoms with van der Waals surface area (Å²) in [5.41, 5.74) is 2.17. The first kappa shape index (κ1) is 14.9. The fraction of sp³-hybridized carbons (Fsp3) is 0.500. The van der Waals surface area contributed by atoms with E-state index in [2.05, 4.69) is 6.07 Å². The minimum atomic E-state index is -0.956. The summed E-state index contributed by atoms with van der Waals surface area (Å²) < 4.78 is 12.3. The number of amides is 1. The summed E-state index contributed by atoms with van der Waals surface area (Å²) in [5.74, 6) is -2.43. The van der Waals surface area contributed by atoms with Gasteiger partial charge in [-0.1, -0.05) is 29.8 Å². The van der Waals surface area contributed by atoms with E-state index in [1.807, 2.05) is 36.1 Å². The van der Waals surface area contributed by atoms with E-state index in [-0.39, 0.29) is 24.0 Å². The highest BCUT2D eigenvalue weighted by atomic mass is 16.5. The molecule has 3 fully saturated rings. The van der Waals surface area contributed by atoms with Crippen molar-refractivity contribution in [2.45, 2.75) is 37.2 Å². The van der Waals surface area contributed by atoms with Crippen molar-refractivity contribution < 1.29 is 24.2 Å². The van der Waals surface area contributed by atoms with E-state index in [0.29, 0.717) is 6.61 Å². The number of carbonyl (C=O) groups is 2. The third-order valence-electron chi connectivity index (χ3n) is 6.91. The van der Waals surface area contributed by atoms with Gasteiger partial charge in [0.25, 0.3) is 0 Å². The Bertz CT molecular complexity index is 894. The largest absolute Gasteiger partial charge is 0.481 e. The lowest BCUT2D eigenvalue weighted by Crippen LogP contribution is -2.53. The number of anilines is 1. The Morgan fingerprint density at radius 2 is 2.23 bits per heavy atom. The van der Waals surface area contributed by atoms with Crippen molar-refractivity contribution in [2.75, 3.05) is 11.5 Å². The van der Waals surface area contributed by atoms with E-state index < -0.39 is 29.5 Å². The monoisotopic (exact) mass is 353 g/mol. The average Bonchev–Trinajstić information content (AvgIpc) is 3.35. The smallest absolute Gasteiger partial charge is 0.310 e. The lowest BCUT2D eigenvalue weighted by molar-refractivity contribution is -0.146. The summed E-state index contributed by atoms with van der Waals surface area (Å²) in [7, 11) is 0. The molecule has 2 bridgehead atoms. The number of ether oxygens (including phenoxy) is 2. The molecule has 6 rings (SSSR count). The SMILES string of the molecule is Cc1ccc2c(c1)[C@H]1OCC[C@@H]1[C@@H]1N2C(=O)[C@H]2[C@@H](C(=O)O)[C@H]3C=C[C@@]12O3. The summed E-state index contributed by atoms with van der Waals surface area (Å²) in [6, 6.07) is 5.86. The zero-order valence-electron chi connectivity index (χ0n) is 14.3. The first-order valence-corrected chi connectivity index (χ1v) is 9.18. The van der Waals surface area contributed by atoms with Gasteiger partial charge in [-0.2, -0.15) is 0 Å². The molecule has 0 radical (unpaired) electrons. The number of benzene rings is 1. The molecule has 1 spiro atoms. The van der Waals surface area contributed by atoms with Gasteiger partial charge in [0.05, 0.1) is 24.2 Å². The zero-order valence-corrected chi connectivity index (χ0v) is 14.3. The molecule has 0 saturated carbocycles. The molecule has 1 aromatic carbocycles. The van der Waals surface area contributed by atoms with Gasteiger partial charge in [-0.05, 0) is 19.4 Å². The minimum Gasteiger partial charge on any atom is -0.481 e. The molecule has 5 heterocycles. The number of nitrogens with zero attached hydrogens (tertiary/aromatic N) is 1. The van der Waals surface area contributed by atoms with Gasteiger partial charge in [-0.25, -0.2) is 0 Å². The molecular weight excluding hydrogens is 334 g/mol. The number of carboxylic acid groups (broad SMARTS) is 1. The Morgan fingerprint density at radius 3 is 3.04 bits per heavy atom. The molecule has 0 aliphatic carbocycles. The van der Waals surface area contributed by atoms with Crippen molar-refractivity contribution in [3.05, 3.63) is 41.5 Å². The standard InChI is InChI=1S/C20H19NO5/c1-9-2-3-12-11(8-9)16-10(5-7-25-16)17-20-6-4-13(26-20)14(19(23)24)15(20)18(22)21(12)17/h2-4,6,8,10,13-17H,5,7H2,1H3,(H,23,24)/t10-,13+,14-,15+,16-,17-,20-/m0/s1. The van der Waals surface area contributed by atoms with Crippen LogP contribution in [-0.4, -0.2) is 41.3 Å². The van der Waals surface area contributed by atoms with E-state index >= 15 is 0 Å². The van der Waals surface area contributed by atoms with Crippen LogP contribution in [0.25, 0.3) is 0 Å². The predicted octanol–water partition coefficient (Wildman–Crippen LogP) is 1.83. The Kier molecular flexibility index (Phi) is 2.62. The molecule has 3 saturated heterocycles. The van der Waals surface area contributed by atoms with Gasteiger partial charge < -0.3 is 19.5 Å². The first-order valence-electron chi connectivity index (χ1n) is 9.18. The van der Waals surface area contributed by atoms with E-state index in [9.17, 15) is 14.7 Å². The maximum absolute atomic E-state index is 13.5. The molecule has 1 amide bonds. The highest BCUT2D eigenvalue weighted by Gasteiger charge is 2.74. The van der Waals surface area contributed by atoms with Gasteiger partial charge in [-0.3, -0.25) is 9.59 Å². The molecular formula is C20H19NO5. The summed E-state index contributed by atoms with van der Waals surface area (Å²) in [6.07, 6.45) is 4.07. The lowest BCUT2D eigenvalue weighted by atomic mass is 9.70. The van der Waals surface area contributed by atoms with Gasteiger partial charge in [0.15, 0.2) is 0 Å². The maximum Gasteiger partial charge on any atom is 0.310 e. The molecule has 26 heavy (non-hydrogen) atoms. The van der Waals surface area contributed by atoms with Crippen molar-refractivity contribution in [1.82, 2.24) is 0 Å². The Labute approximate surface area is 150 Å².